The number of anilines is 1. The summed E-state index contributed by atoms with van der Waals surface area (Å²) in [6, 6.07) is 0. The van der Waals surface area contributed by atoms with E-state index in [2.05, 4.69) is 5.32 Å². The number of hydrogen-bond acceptors (Lipinski definition) is 5. The average Bonchev–Trinajstić information content (AvgIpc) is 2.96. The molecule has 5 rings (SSSR count). The molecule has 5 nitrogen and oxygen atoms in total. The highest BCUT2D eigenvalue weighted by atomic mass is 32.2. The lowest BCUT2D eigenvalue weighted by molar-refractivity contribution is -0.140. The van der Waals surface area contributed by atoms with Gasteiger partial charge in [-0.25, -0.2) is 8.42 Å². The third-order valence-corrected chi connectivity index (χ3v) is 8.87. The van der Waals surface area contributed by atoms with Crippen LogP contribution in [0.5, 0.6) is 0 Å². The first kappa shape index (κ1) is 20.4. The zero-order chi connectivity index (χ0) is 20.3. The number of thiophene rings is 1. The van der Waals surface area contributed by atoms with Crippen LogP contribution in [-0.4, -0.2) is 31.4 Å². The molecule has 0 aromatic carbocycles. The number of aliphatic hydroxyl groups excluding tert-OH is 1. The first-order valence-corrected chi connectivity index (χ1v) is 13.3. The minimum absolute atomic E-state index is 0.0801. The number of nitrogens with one attached hydrogen (secondary N) is 1. The summed E-state index contributed by atoms with van der Waals surface area (Å²) in [5.74, 6) is 1.94. The molecule has 4 saturated carbocycles. The van der Waals surface area contributed by atoms with E-state index >= 15 is 0 Å². The normalized spacial score (nSPS) is 32.7. The molecule has 1 amide bonds. The Morgan fingerprint density at radius 2 is 1.75 bits per heavy atom. The van der Waals surface area contributed by atoms with Gasteiger partial charge < -0.3 is 10.4 Å². The van der Waals surface area contributed by atoms with Crippen molar-refractivity contribution in [3.8, 4) is 0 Å². The molecule has 156 valence electrons. The van der Waals surface area contributed by atoms with Gasteiger partial charge in [-0.1, -0.05) is 13.8 Å². The van der Waals surface area contributed by atoms with E-state index in [1.165, 1.54) is 30.6 Å². The number of carbonyl (C=O) groups excluding carboxylic acids is 1. The fraction of sp³-hybridized carbons (Fsp3) is 0.762. The van der Waals surface area contributed by atoms with Crippen LogP contribution in [0.25, 0.3) is 0 Å². The predicted molar refractivity (Wildman–Crippen MR) is 112 cm³/mol. The summed E-state index contributed by atoms with van der Waals surface area (Å²) in [5, 5.41) is 16.4. The third-order valence-electron chi connectivity index (χ3n) is 7.02. The smallest absolute Gasteiger partial charge is 0.231 e. The second-order valence-electron chi connectivity index (χ2n) is 9.85. The number of hydrogen-bond donors (Lipinski definition) is 2. The number of carbonyl (C=O) groups is 1. The second-order valence-corrected chi connectivity index (χ2v) is 12.9. The first-order chi connectivity index (χ1) is 13.1. The Labute approximate surface area is 171 Å². The SMILES string of the molecule is CC(C)c1csc(NC(=O)C23CC4CC(CC(C4)C2)C3)c1C(O)CS(C)(=O)=O. The van der Waals surface area contributed by atoms with Crippen LogP contribution in [0.3, 0.4) is 0 Å². The van der Waals surface area contributed by atoms with Gasteiger partial charge in [-0.2, -0.15) is 0 Å². The van der Waals surface area contributed by atoms with Crippen molar-refractivity contribution in [1.29, 1.82) is 0 Å². The predicted octanol–water partition coefficient (Wildman–Crippen LogP) is 4.10. The lowest BCUT2D eigenvalue weighted by Gasteiger charge is -2.55. The molecule has 1 aromatic rings. The van der Waals surface area contributed by atoms with Gasteiger partial charge >= 0.3 is 0 Å². The van der Waals surface area contributed by atoms with Crippen LogP contribution in [-0.2, 0) is 14.6 Å². The molecular weight excluding hydrogens is 394 g/mol. The van der Waals surface area contributed by atoms with Gasteiger partial charge in [0.25, 0.3) is 0 Å². The maximum absolute atomic E-state index is 13.4. The van der Waals surface area contributed by atoms with Crippen molar-refractivity contribution in [2.45, 2.75) is 64.4 Å². The Morgan fingerprint density at radius 3 is 2.21 bits per heavy atom. The molecule has 0 aliphatic heterocycles. The summed E-state index contributed by atoms with van der Waals surface area (Å²) in [6.45, 7) is 4.03. The van der Waals surface area contributed by atoms with Gasteiger partial charge in [-0.15, -0.1) is 11.3 Å². The molecule has 0 saturated heterocycles. The molecular formula is C21H31NO4S2. The molecule has 1 unspecified atom stereocenters. The van der Waals surface area contributed by atoms with E-state index in [-0.39, 0.29) is 23.0 Å². The van der Waals surface area contributed by atoms with Crippen LogP contribution in [0.4, 0.5) is 5.00 Å². The average molecular weight is 426 g/mol. The van der Waals surface area contributed by atoms with E-state index < -0.39 is 15.9 Å². The maximum atomic E-state index is 13.4. The number of aliphatic hydroxyl groups is 1. The Bertz CT molecular complexity index is 836. The number of rotatable bonds is 6. The highest BCUT2D eigenvalue weighted by Crippen LogP contribution is 2.60. The maximum Gasteiger partial charge on any atom is 0.231 e. The second kappa shape index (κ2) is 7.10. The Balaban J connectivity index is 1.60. The number of amides is 1. The van der Waals surface area contributed by atoms with Crippen molar-refractivity contribution in [1.82, 2.24) is 0 Å². The topological polar surface area (TPSA) is 83.5 Å². The number of sulfone groups is 1. The standard InChI is InChI=1S/C21H31NO4S2/c1-12(2)16-10-27-19(18(16)17(23)11-28(3,25)26)22-20(24)21-7-13-4-14(8-21)6-15(5-13)9-21/h10,12-15,17,23H,4-9,11H2,1-3H3,(H,22,24). The molecule has 1 atom stereocenters. The minimum Gasteiger partial charge on any atom is -0.387 e. The molecule has 0 spiro atoms. The van der Waals surface area contributed by atoms with E-state index in [1.807, 2.05) is 19.2 Å². The summed E-state index contributed by atoms with van der Waals surface area (Å²) in [4.78, 5) is 13.4. The molecule has 1 heterocycles. The van der Waals surface area contributed by atoms with Crippen LogP contribution >= 0.6 is 11.3 Å². The molecule has 4 aliphatic rings. The van der Waals surface area contributed by atoms with Gasteiger partial charge in [0.15, 0.2) is 0 Å². The molecule has 28 heavy (non-hydrogen) atoms. The highest BCUT2D eigenvalue weighted by molar-refractivity contribution is 7.90. The Hall–Kier alpha value is -0.920. The van der Waals surface area contributed by atoms with Gasteiger partial charge in [-0.3, -0.25) is 4.79 Å². The Morgan fingerprint density at radius 1 is 1.21 bits per heavy atom. The van der Waals surface area contributed by atoms with Gasteiger partial charge in [-0.05, 0) is 73.1 Å². The first-order valence-electron chi connectivity index (χ1n) is 10.3. The molecule has 4 bridgehead atoms. The fourth-order valence-corrected chi connectivity index (χ4v) is 8.18. The lowest BCUT2D eigenvalue weighted by Crippen LogP contribution is -2.51. The molecule has 7 heteroatoms. The van der Waals surface area contributed by atoms with Crippen molar-refractivity contribution in [2.75, 3.05) is 17.3 Å². The molecule has 0 radical (unpaired) electrons. The third kappa shape index (κ3) is 3.77. The molecule has 2 N–H and O–H groups in total. The van der Waals surface area contributed by atoms with E-state index in [0.717, 1.165) is 31.1 Å². The zero-order valence-corrected chi connectivity index (χ0v) is 18.5. The van der Waals surface area contributed by atoms with Gasteiger partial charge in [0.05, 0.1) is 17.3 Å². The van der Waals surface area contributed by atoms with Crippen LogP contribution in [0, 0.1) is 23.2 Å². The summed E-state index contributed by atoms with van der Waals surface area (Å²) in [7, 11) is -3.33. The van der Waals surface area contributed by atoms with Crippen LogP contribution < -0.4 is 5.32 Å². The summed E-state index contributed by atoms with van der Waals surface area (Å²) >= 11 is 1.40. The quantitative estimate of drug-likeness (QED) is 0.719. The summed E-state index contributed by atoms with van der Waals surface area (Å²) < 4.78 is 23.5. The minimum atomic E-state index is -3.33. The largest absolute Gasteiger partial charge is 0.387 e. The highest BCUT2D eigenvalue weighted by Gasteiger charge is 2.54. The van der Waals surface area contributed by atoms with Crippen LogP contribution in [0.1, 0.15) is 75.5 Å². The van der Waals surface area contributed by atoms with Crippen molar-refractivity contribution < 1.29 is 18.3 Å². The van der Waals surface area contributed by atoms with Gasteiger partial charge in [0.2, 0.25) is 5.91 Å². The summed E-state index contributed by atoms with van der Waals surface area (Å²) in [5.41, 5.74) is 1.24. The molecule has 1 aromatic heterocycles. The van der Waals surface area contributed by atoms with E-state index in [1.54, 1.807) is 0 Å². The van der Waals surface area contributed by atoms with E-state index in [9.17, 15) is 18.3 Å². The summed E-state index contributed by atoms with van der Waals surface area (Å²) in [6.07, 6.45) is 6.79. The van der Waals surface area contributed by atoms with Crippen molar-refractivity contribution in [3.05, 3.63) is 16.5 Å². The Kier molecular flexibility index (Phi) is 5.16. The monoisotopic (exact) mass is 425 g/mol. The van der Waals surface area contributed by atoms with E-state index in [4.69, 9.17) is 0 Å². The van der Waals surface area contributed by atoms with E-state index in [0.29, 0.717) is 28.3 Å². The van der Waals surface area contributed by atoms with Gasteiger partial charge in [0, 0.05) is 11.8 Å². The zero-order valence-electron chi connectivity index (χ0n) is 16.9. The van der Waals surface area contributed by atoms with Crippen molar-refractivity contribution >= 4 is 32.1 Å². The van der Waals surface area contributed by atoms with Crippen molar-refractivity contribution in [3.63, 3.8) is 0 Å². The van der Waals surface area contributed by atoms with Crippen LogP contribution in [0.15, 0.2) is 5.38 Å². The van der Waals surface area contributed by atoms with Gasteiger partial charge in [0.1, 0.15) is 14.8 Å². The molecule has 4 aliphatic carbocycles. The van der Waals surface area contributed by atoms with Crippen molar-refractivity contribution in [2.24, 2.45) is 23.2 Å². The fourth-order valence-electron chi connectivity index (χ4n) is 6.26. The lowest BCUT2D eigenvalue weighted by atomic mass is 9.49. The molecule has 4 fully saturated rings. The van der Waals surface area contributed by atoms with Crippen LogP contribution in [0.2, 0.25) is 0 Å².